The molecule has 0 rings (SSSR count). The van der Waals surface area contributed by atoms with Crippen molar-refractivity contribution in [3.8, 4) is 0 Å². The molecular weight excluding hydrogens is 1230 g/mol. The maximum absolute atomic E-state index is 13.1. The van der Waals surface area contributed by atoms with Crippen LogP contribution in [-0.2, 0) is 65.4 Å². The van der Waals surface area contributed by atoms with Crippen LogP contribution >= 0.6 is 15.6 Å². The van der Waals surface area contributed by atoms with Gasteiger partial charge in [-0.25, -0.2) is 9.13 Å². The maximum atomic E-state index is 13.1. The fourth-order valence-corrected chi connectivity index (χ4v) is 12.5. The summed E-state index contributed by atoms with van der Waals surface area (Å²) in [4.78, 5) is 72.6. The number of aliphatic hydroxyl groups is 1. The summed E-state index contributed by atoms with van der Waals surface area (Å²) >= 11 is 0. The second kappa shape index (κ2) is 66.4. The minimum Gasteiger partial charge on any atom is -0.462 e. The van der Waals surface area contributed by atoms with Gasteiger partial charge in [0.25, 0.3) is 0 Å². The Morgan fingerprint density at radius 1 is 0.330 bits per heavy atom. The standard InChI is InChI=1S/C75H142O17P2/c1-7-9-11-13-15-17-19-21-23-24-25-26-27-29-31-33-35-39-47-53-59-74(79)91-70(63-85-72(77)57-51-45-38-34-32-30-28-22-20-18-16-14-12-10-8-2)65-89-93(81,82)87-61-69(76)62-88-94(83,84)90-66-71(64-86-73(78)58-52-46-42-41-44-50-56-68(5)6)92-75(80)60-54-48-40-36-37-43-49-55-67(3)4/h18,20,22,28,67-71,76H,7-17,19,21,23-27,29-66H2,1-6H3,(H,81,82)(H,83,84)/b20-18-,28-22-/t69-,70-,71-/m1/s1. The first-order valence-electron chi connectivity index (χ1n) is 38.3. The van der Waals surface area contributed by atoms with Crippen molar-refractivity contribution < 1.29 is 80.2 Å². The Hall–Kier alpha value is -2.46. The third-order valence-electron chi connectivity index (χ3n) is 16.8. The van der Waals surface area contributed by atoms with Crippen LogP contribution in [0.15, 0.2) is 24.3 Å². The Morgan fingerprint density at radius 2 is 0.574 bits per heavy atom. The minimum absolute atomic E-state index is 0.100. The molecule has 19 heteroatoms. The largest absolute Gasteiger partial charge is 0.472 e. The molecule has 5 atom stereocenters. The van der Waals surface area contributed by atoms with Crippen LogP contribution in [0.4, 0.5) is 0 Å². The van der Waals surface area contributed by atoms with E-state index in [9.17, 15) is 43.2 Å². The lowest BCUT2D eigenvalue weighted by Gasteiger charge is -2.21. The van der Waals surface area contributed by atoms with E-state index in [2.05, 4.69) is 65.8 Å². The molecule has 0 saturated heterocycles. The van der Waals surface area contributed by atoms with Gasteiger partial charge >= 0.3 is 39.5 Å². The van der Waals surface area contributed by atoms with Gasteiger partial charge in [-0.15, -0.1) is 0 Å². The van der Waals surface area contributed by atoms with Crippen molar-refractivity contribution in [3.05, 3.63) is 24.3 Å². The first-order valence-corrected chi connectivity index (χ1v) is 41.3. The number of aliphatic hydroxyl groups excluding tert-OH is 1. The number of carbonyl (C=O) groups excluding carboxylic acids is 4. The smallest absolute Gasteiger partial charge is 0.462 e. The van der Waals surface area contributed by atoms with Crippen molar-refractivity contribution in [2.24, 2.45) is 11.8 Å². The summed E-state index contributed by atoms with van der Waals surface area (Å²) in [5, 5.41) is 10.6. The number of unbranched alkanes of at least 4 members (excludes halogenated alkanes) is 39. The lowest BCUT2D eigenvalue weighted by Crippen LogP contribution is -2.30. The summed E-state index contributed by atoms with van der Waals surface area (Å²) in [5.74, 6) is -0.782. The average molecular weight is 1380 g/mol. The van der Waals surface area contributed by atoms with Crippen molar-refractivity contribution in [3.63, 3.8) is 0 Å². The third kappa shape index (κ3) is 68.1. The Labute approximate surface area is 573 Å². The Balaban J connectivity index is 5.23. The zero-order valence-electron chi connectivity index (χ0n) is 60.7. The summed E-state index contributed by atoms with van der Waals surface area (Å²) in [6.45, 7) is 9.36. The van der Waals surface area contributed by atoms with Gasteiger partial charge in [0.2, 0.25) is 0 Å². The number of hydrogen-bond donors (Lipinski definition) is 3. The SMILES string of the molecule is CCCCCC/C=C\C=C/CCCCCCCC(=O)OC[C@H](COP(=O)(O)OC[C@@H](O)COP(=O)(O)OC[C@@H](COC(=O)CCCCCCCCC(C)C)OC(=O)CCCCCCCCCC(C)C)OC(=O)CCCCCCCCCCCCCCCCCCCCCC. The van der Waals surface area contributed by atoms with Gasteiger partial charge in [-0.2, -0.15) is 0 Å². The van der Waals surface area contributed by atoms with E-state index < -0.39 is 97.5 Å². The van der Waals surface area contributed by atoms with Gasteiger partial charge in [-0.3, -0.25) is 37.3 Å². The highest BCUT2D eigenvalue weighted by Gasteiger charge is 2.30. The van der Waals surface area contributed by atoms with Gasteiger partial charge in [-0.05, 0) is 63.2 Å². The first kappa shape index (κ1) is 91.5. The monoisotopic (exact) mass is 1380 g/mol. The van der Waals surface area contributed by atoms with Crippen molar-refractivity contribution in [1.29, 1.82) is 0 Å². The number of allylic oxidation sites excluding steroid dienone is 4. The molecule has 3 N–H and O–H groups in total. The molecule has 0 spiro atoms. The van der Waals surface area contributed by atoms with Crippen molar-refractivity contribution >= 4 is 39.5 Å². The second-order valence-corrected chi connectivity index (χ2v) is 30.2. The molecule has 0 saturated carbocycles. The van der Waals surface area contributed by atoms with E-state index >= 15 is 0 Å². The van der Waals surface area contributed by atoms with Crippen LogP contribution in [0.5, 0.6) is 0 Å². The van der Waals surface area contributed by atoms with Crippen molar-refractivity contribution in [1.82, 2.24) is 0 Å². The van der Waals surface area contributed by atoms with Gasteiger partial charge in [0.05, 0.1) is 26.4 Å². The highest BCUT2D eigenvalue weighted by Crippen LogP contribution is 2.45. The summed E-state index contributed by atoms with van der Waals surface area (Å²) in [7, 11) is -9.92. The Morgan fingerprint density at radius 3 is 0.872 bits per heavy atom. The van der Waals surface area contributed by atoms with E-state index in [1.807, 2.05) is 0 Å². The molecule has 0 aliphatic carbocycles. The van der Waals surface area contributed by atoms with Gasteiger partial charge in [0.1, 0.15) is 19.3 Å². The van der Waals surface area contributed by atoms with Crippen LogP contribution in [0.25, 0.3) is 0 Å². The molecule has 0 bridgehead atoms. The predicted molar refractivity (Wildman–Crippen MR) is 381 cm³/mol. The van der Waals surface area contributed by atoms with Gasteiger partial charge < -0.3 is 33.8 Å². The van der Waals surface area contributed by atoms with E-state index in [0.29, 0.717) is 37.5 Å². The normalized spacial score (nSPS) is 14.2. The Kier molecular flexibility index (Phi) is 64.7. The number of esters is 4. The molecule has 0 heterocycles. The van der Waals surface area contributed by atoms with E-state index in [0.717, 1.165) is 116 Å². The van der Waals surface area contributed by atoms with E-state index in [1.165, 1.54) is 154 Å². The van der Waals surface area contributed by atoms with Crippen LogP contribution in [-0.4, -0.2) is 96.7 Å². The van der Waals surface area contributed by atoms with E-state index in [4.69, 9.17) is 37.0 Å². The summed E-state index contributed by atoms with van der Waals surface area (Å²) in [6.07, 6.45) is 56.7. The molecule has 0 aliphatic rings. The van der Waals surface area contributed by atoms with Crippen LogP contribution < -0.4 is 0 Å². The number of hydrogen-bond acceptors (Lipinski definition) is 15. The van der Waals surface area contributed by atoms with E-state index in [-0.39, 0.29) is 25.7 Å². The molecule has 0 aromatic heterocycles. The van der Waals surface area contributed by atoms with Gasteiger partial charge in [0.15, 0.2) is 12.2 Å². The molecule has 0 amide bonds. The number of rotatable bonds is 72. The zero-order chi connectivity index (χ0) is 69.3. The topological polar surface area (TPSA) is 237 Å². The highest BCUT2D eigenvalue weighted by atomic mass is 31.2. The molecule has 0 radical (unpaired) electrons. The number of ether oxygens (including phenoxy) is 4. The maximum Gasteiger partial charge on any atom is 0.472 e. The fourth-order valence-electron chi connectivity index (χ4n) is 10.9. The fraction of sp³-hybridized carbons (Fsp3) is 0.893. The summed E-state index contributed by atoms with van der Waals surface area (Å²) < 4.78 is 68.3. The van der Waals surface area contributed by atoms with Crippen LogP contribution in [0.2, 0.25) is 0 Å². The summed E-state index contributed by atoms with van der Waals surface area (Å²) in [6, 6.07) is 0. The summed E-state index contributed by atoms with van der Waals surface area (Å²) in [5.41, 5.74) is 0. The minimum atomic E-state index is -4.96. The third-order valence-corrected chi connectivity index (χ3v) is 18.7. The molecule has 17 nitrogen and oxygen atoms in total. The van der Waals surface area contributed by atoms with Crippen LogP contribution in [0, 0.1) is 11.8 Å². The number of phosphoric ester groups is 2. The molecule has 0 fully saturated rings. The molecular formula is C75H142O17P2. The molecule has 554 valence electrons. The molecule has 0 aromatic rings. The molecule has 94 heavy (non-hydrogen) atoms. The average Bonchev–Trinajstić information content (AvgIpc) is 1.98. The van der Waals surface area contributed by atoms with Crippen molar-refractivity contribution in [2.45, 2.75) is 381 Å². The number of carbonyl (C=O) groups is 4. The van der Waals surface area contributed by atoms with Crippen molar-refractivity contribution in [2.75, 3.05) is 39.6 Å². The number of phosphoric acid groups is 2. The lowest BCUT2D eigenvalue weighted by molar-refractivity contribution is -0.161. The van der Waals surface area contributed by atoms with Crippen LogP contribution in [0.3, 0.4) is 0 Å². The predicted octanol–water partition coefficient (Wildman–Crippen LogP) is 21.5. The van der Waals surface area contributed by atoms with Gasteiger partial charge in [-0.1, -0.05) is 310 Å². The van der Waals surface area contributed by atoms with E-state index in [1.54, 1.807) is 0 Å². The molecule has 0 aromatic carbocycles. The Bertz CT molecular complexity index is 1910. The molecule has 2 unspecified atom stereocenters. The van der Waals surface area contributed by atoms with Crippen LogP contribution in [0.1, 0.15) is 363 Å². The zero-order valence-corrected chi connectivity index (χ0v) is 62.5. The lowest BCUT2D eigenvalue weighted by atomic mass is 10.0. The van der Waals surface area contributed by atoms with Gasteiger partial charge in [0, 0.05) is 25.7 Å². The second-order valence-electron chi connectivity index (χ2n) is 27.3. The first-order chi connectivity index (χ1) is 45.4. The quantitative estimate of drug-likeness (QED) is 0.0169. The molecule has 0 aliphatic heterocycles. The highest BCUT2D eigenvalue weighted by molar-refractivity contribution is 7.47.